The van der Waals surface area contributed by atoms with E-state index in [1.54, 1.807) is 11.9 Å². The molecular weight excluding hydrogens is 400 g/mol. The van der Waals surface area contributed by atoms with Crippen LogP contribution in [0.1, 0.15) is 32.3 Å². The number of aromatic nitrogens is 1. The first-order chi connectivity index (χ1) is 11.8. The molecule has 0 saturated heterocycles. The summed E-state index contributed by atoms with van der Waals surface area (Å²) in [6.45, 7) is 6.44. The lowest BCUT2D eigenvalue weighted by molar-refractivity contribution is 0.0779. The third kappa shape index (κ3) is 3.85. The van der Waals surface area contributed by atoms with Crippen LogP contribution in [0.5, 0.6) is 0 Å². The number of benzene rings is 1. The van der Waals surface area contributed by atoms with Crippen molar-refractivity contribution >= 4 is 33.2 Å². The van der Waals surface area contributed by atoms with Gasteiger partial charge in [0, 0.05) is 12.6 Å². The Morgan fingerprint density at radius 1 is 1.24 bits per heavy atom. The third-order valence-corrected chi connectivity index (χ3v) is 5.58. The van der Waals surface area contributed by atoms with Crippen LogP contribution in [0.15, 0.2) is 39.4 Å². The quantitative estimate of drug-likeness (QED) is 0.572. The van der Waals surface area contributed by atoms with Gasteiger partial charge in [0.15, 0.2) is 4.67 Å². The average molecular weight is 419 g/mol. The maximum absolute atomic E-state index is 12.8. The molecule has 130 valence electrons. The van der Waals surface area contributed by atoms with E-state index in [1.165, 1.54) is 22.5 Å². The summed E-state index contributed by atoms with van der Waals surface area (Å²) in [7, 11) is 1.77. The highest BCUT2D eigenvalue weighted by molar-refractivity contribution is 9.10. The zero-order chi connectivity index (χ0) is 18.1. The van der Waals surface area contributed by atoms with Gasteiger partial charge in [0.2, 0.25) is 0 Å². The summed E-state index contributed by atoms with van der Waals surface area (Å²) in [5, 5.41) is 0.882. The second-order valence-electron chi connectivity index (χ2n) is 6.12. The normalized spacial score (nSPS) is 10.9. The Morgan fingerprint density at radius 2 is 2.00 bits per heavy atom. The van der Waals surface area contributed by atoms with Crippen LogP contribution in [-0.4, -0.2) is 22.8 Å². The topological polar surface area (TPSA) is 46.3 Å². The van der Waals surface area contributed by atoms with Crippen molar-refractivity contribution in [3.8, 4) is 10.6 Å². The van der Waals surface area contributed by atoms with Crippen LogP contribution < -0.4 is 0 Å². The van der Waals surface area contributed by atoms with Gasteiger partial charge in [0.25, 0.3) is 5.91 Å². The molecule has 0 aliphatic carbocycles. The maximum Gasteiger partial charge on any atom is 0.266 e. The molecule has 0 aliphatic rings. The van der Waals surface area contributed by atoms with Crippen molar-refractivity contribution in [3.63, 3.8) is 0 Å². The molecule has 0 atom stereocenters. The zero-order valence-electron chi connectivity index (χ0n) is 14.6. The SMILES string of the molecule is Cc1ccc(-c2nc(C)c(C(=O)N(C)Cc3ccc(Br)o3)s2)c(C)c1. The summed E-state index contributed by atoms with van der Waals surface area (Å²) < 4.78 is 6.14. The number of hydrogen-bond acceptors (Lipinski definition) is 4. The van der Waals surface area contributed by atoms with E-state index in [2.05, 4.69) is 53.0 Å². The summed E-state index contributed by atoms with van der Waals surface area (Å²) >= 11 is 4.72. The molecule has 0 aliphatic heterocycles. The standard InChI is InChI=1S/C19H19BrN2O2S/c1-11-5-7-15(12(2)9-11)18-21-13(3)17(25-18)19(23)22(4)10-14-6-8-16(20)24-14/h5-9H,10H2,1-4H3. The summed E-state index contributed by atoms with van der Waals surface area (Å²) in [5.41, 5.74) is 4.23. The number of rotatable bonds is 4. The van der Waals surface area contributed by atoms with Gasteiger partial charge < -0.3 is 9.32 Å². The highest BCUT2D eigenvalue weighted by Crippen LogP contribution is 2.31. The van der Waals surface area contributed by atoms with E-state index in [9.17, 15) is 4.79 Å². The van der Waals surface area contributed by atoms with Gasteiger partial charge in [-0.25, -0.2) is 4.98 Å². The molecule has 25 heavy (non-hydrogen) atoms. The maximum atomic E-state index is 12.8. The van der Waals surface area contributed by atoms with E-state index >= 15 is 0 Å². The van der Waals surface area contributed by atoms with Gasteiger partial charge in [-0.3, -0.25) is 4.79 Å². The van der Waals surface area contributed by atoms with Crippen LogP contribution in [0.3, 0.4) is 0 Å². The molecule has 0 fully saturated rings. The minimum absolute atomic E-state index is 0.0430. The predicted octanol–water partition coefficient (Wildman–Crippen LogP) is 5.36. The van der Waals surface area contributed by atoms with E-state index in [0.717, 1.165) is 22.0 Å². The Kier molecular flexibility index (Phi) is 5.11. The van der Waals surface area contributed by atoms with Crippen molar-refractivity contribution in [3.05, 3.63) is 62.5 Å². The monoisotopic (exact) mass is 418 g/mol. The number of nitrogens with zero attached hydrogens (tertiary/aromatic N) is 2. The number of furan rings is 1. The smallest absolute Gasteiger partial charge is 0.266 e. The number of halogens is 1. The Labute approximate surface area is 159 Å². The van der Waals surface area contributed by atoms with Crippen molar-refractivity contribution < 1.29 is 9.21 Å². The van der Waals surface area contributed by atoms with Crippen LogP contribution in [0.4, 0.5) is 0 Å². The first-order valence-electron chi connectivity index (χ1n) is 7.90. The fourth-order valence-corrected chi connectivity index (χ4v) is 4.17. The first-order valence-corrected chi connectivity index (χ1v) is 9.51. The van der Waals surface area contributed by atoms with Crippen molar-refractivity contribution in [2.45, 2.75) is 27.3 Å². The van der Waals surface area contributed by atoms with Crippen LogP contribution in [0, 0.1) is 20.8 Å². The van der Waals surface area contributed by atoms with Gasteiger partial charge in [0.05, 0.1) is 12.2 Å². The molecule has 6 heteroatoms. The molecule has 0 saturated carbocycles. The Hall–Kier alpha value is -1.92. The highest BCUT2D eigenvalue weighted by Gasteiger charge is 2.21. The molecule has 2 aromatic heterocycles. The molecule has 1 aromatic carbocycles. The minimum atomic E-state index is -0.0430. The highest BCUT2D eigenvalue weighted by atomic mass is 79.9. The first kappa shape index (κ1) is 17.9. The third-order valence-electron chi connectivity index (χ3n) is 3.97. The Balaban J connectivity index is 1.85. The van der Waals surface area contributed by atoms with Gasteiger partial charge in [0.1, 0.15) is 15.6 Å². The van der Waals surface area contributed by atoms with Crippen LogP contribution in [0.25, 0.3) is 10.6 Å². The predicted molar refractivity (Wildman–Crippen MR) is 104 cm³/mol. The number of aryl methyl sites for hydroxylation is 3. The van der Waals surface area contributed by atoms with Crippen LogP contribution in [-0.2, 0) is 6.54 Å². The number of carbonyl (C=O) groups is 1. The lowest BCUT2D eigenvalue weighted by Crippen LogP contribution is -2.25. The summed E-state index contributed by atoms with van der Waals surface area (Å²) in [5.74, 6) is 0.693. The molecule has 3 aromatic rings. The molecule has 4 nitrogen and oxygen atoms in total. The van der Waals surface area contributed by atoms with Crippen molar-refractivity contribution in [1.29, 1.82) is 0 Å². The fourth-order valence-electron chi connectivity index (χ4n) is 2.68. The van der Waals surface area contributed by atoms with E-state index < -0.39 is 0 Å². The van der Waals surface area contributed by atoms with Crippen molar-refractivity contribution in [2.24, 2.45) is 0 Å². The van der Waals surface area contributed by atoms with Gasteiger partial charge in [-0.05, 0) is 54.4 Å². The van der Waals surface area contributed by atoms with E-state index in [-0.39, 0.29) is 5.91 Å². The lowest BCUT2D eigenvalue weighted by atomic mass is 10.1. The second kappa shape index (κ2) is 7.14. The minimum Gasteiger partial charge on any atom is -0.452 e. The van der Waals surface area contributed by atoms with Gasteiger partial charge in [-0.15, -0.1) is 11.3 Å². The number of amides is 1. The molecule has 1 amide bonds. The molecule has 2 heterocycles. The molecule has 0 radical (unpaired) electrons. The van der Waals surface area contributed by atoms with Crippen LogP contribution in [0.2, 0.25) is 0 Å². The lowest BCUT2D eigenvalue weighted by Gasteiger charge is -2.14. The van der Waals surface area contributed by atoms with Gasteiger partial charge in [-0.2, -0.15) is 0 Å². The van der Waals surface area contributed by atoms with Gasteiger partial charge >= 0.3 is 0 Å². The molecule has 0 spiro atoms. The molecular formula is C19H19BrN2O2S. The Bertz CT molecular complexity index is 929. The Morgan fingerprint density at radius 3 is 2.64 bits per heavy atom. The molecule has 0 unspecified atom stereocenters. The van der Waals surface area contributed by atoms with E-state index in [0.29, 0.717) is 16.1 Å². The van der Waals surface area contributed by atoms with E-state index in [4.69, 9.17) is 4.42 Å². The summed E-state index contributed by atoms with van der Waals surface area (Å²) in [4.78, 5) is 19.7. The average Bonchev–Trinajstić information content (AvgIpc) is 3.12. The van der Waals surface area contributed by atoms with E-state index in [1.807, 2.05) is 19.1 Å². The van der Waals surface area contributed by atoms with Gasteiger partial charge in [-0.1, -0.05) is 23.8 Å². The summed E-state index contributed by atoms with van der Waals surface area (Å²) in [6, 6.07) is 9.95. The van der Waals surface area contributed by atoms with Crippen LogP contribution >= 0.6 is 27.3 Å². The summed E-state index contributed by atoms with van der Waals surface area (Å²) in [6.07, 6.45) is 0. The molecule has 0 N–H and O–H groups in total. The second-order valence-corrected chi connectivity index (χ2v) is 7.90. The number of thiazole rings is 1. The van der Waals surface area contributed by atoms with Crippen molar-refractivity contribution in [2.75, 3.05) is 7.05 Å². The number of carbonyl (C=O) groups excluding carboxylic acids is 1. The molecule has 0 bridgehead atoms. The largest absolute Gasteiger partial charge is 0.452 e. The number of hydrogen-bond donors (Lipinski definition) is 0. The fraction of sp³-hybridized carbons (Fsp3) is 0.263. The molecule has 3 rings (SSSR count). The van der Waals surface area contributed by atoms with Crippen molar-refractivity contribution in [1.82, 2.24) is 9.88 Å². The zero-order valence-corrected chi connectivity index (χ0v) is 17.0.